The normalized spacial score (nSPS) is 9.67. The molecule has 0 aliphatic heterocycles. The molecule has 0 unspecified atom stereocenters. The Morgan fingerprint density at radius 3 is 1.33 bits per heavy atom. The third-order valence-electron chi connectivity index (χ3n) is 1.78. The zero-order valence-corrected chi connectivity index (χ0v) is 9.85. The summed E-state index contributed by atoms with van der Waals surface area (Å²) in [5.74, 6) is -2.25. The molecule has 0 rings (SSSR count). The average molecular weight is 260 g/mol. The van der Waals surface area contributed by atoms with Gasteiger partial charge in [-0.3, -0.25) is 19.2 Å². The molecule has 0 aromatic rings. The predicted molar refractivity (Wildman–Crippen MR) is 59.3 cm³/mol. The molecule has 8 heteroatoms. The number of rotatable bonds is 9. The van der Waals surface area contributed by atoms with Gasteiger partial charge >= 0.3 is 11.9 Å². The fourth-order valence-corrected chi connectivity index (χ4v) is 0.788. The van der Waals surface area contributed by atoms with E-state index < -0.39 is 36.7 Å². The number of carbonyl (C=O) groups is 4. The van der Waals surface area contributed by atoms with Gasteiger partial charge in [-0.15, -0.1) is 0 Å². The van der Waals surface area contributed by atoms with E-state index in [1.807, 2.05) is 0 Å². The fraction of sp³-hybridized carbons (Fsp3) is 0.600. The van der Waals surface area contributed by atoms with Gasteiger partial charge in [-0.05, 0) is 0 Å². The minimum absolute atomic E-state index is 0.212. The summed E-state index contributed by atoms with van der Waals surface area (Å²) in [5.41, 5.74) is 10.0. The van der Waals surface area contributed by atoms with E-state index in [4.69, 9.17) is 11.5 Å². The Kier molecular flexibility index (Phi) is 8.33. The summed E-state index contributed by atoms with van der Waals surface area (Å²) in [7, 11) is 0. The number of ether oxygens (including phenoxy) is 2. The summed E-state index contributed by atoms with van der Waals surface area (Å²) in [6.07, 6.45) is -0.457. The van der Waals surface area contributed by atoms with Crippen molar-refractivity contribution < 1.29 is 28.7 Å². The highest BCUT2D eigenvalue weighted by Crippen LogP contribution is 1.96. The Morgan fingerprint density at radius 2 is 1.06 bits per heavy atom. The van der Waals surface area contributed by atoms with Crippen LogP contribution in [-0.4, -0.2) is 49.8 Å². The van der Waals surface area contributed by atoms with Gasteiger partial charge in [-0.25, -0.2) is 0 Å². The smallest absolute Gasteiger partial charge is 0.306 e. The molecule has 0 saturated heterocycles. The van der Waals surface area contributed by atoms with Crippen molar-refractivity contribution in [3.8, 4) is 0 Å². The maximum Gasteiger partial charge on any atom is 0.306 e. The SMILES string of the molecule is NCC(=O)COC(=O)CCC(=O)OCC(=O)CN. The van der Waals surface area contributed by atoms with Gasteiger partial charge in [0.05, 0.1) is 25.9 Å². The van der Waals surface area contributed by atoms with Gasteiger partial charge in [0.1, 0.15) is 0 Å². The highest BCUT2D eigenvalue weighted by atomic mass is 16.5. The molecule has 18 heavy (non-hydrogen) atoms. The van der Waals surface area contributed by atoms with Gasteiger partial charge in [0.25, 0.3) is 0 Å². The van der Waals surface area contributed by atoms with Gasteiger partial charge < -0.3 is 20.9 Å². The first-order valence-corrected chi connectivity index (χ1v) is 5.24. The van der Waals surface area contributed by atoms with E-state index in [9.17, 15) is 19.2 Å². The number of esters is 2. The highest BCUT2D eigenvalue weighted by Gasteiger charge is 2.11. The summed E-state index contributed by atoms with van der Waals surface area (Å²) in [6, 6.07) is 0. The van der Waals surface area contributed by atoms with Crippen molar-refractivity contribution >= 4 is 23.5 Å². The van der Waals surface area contributed by atoms with Crippen LogP contribution in [0.25, 0.3) is 0 Å². The molecule has 0 aliphatic rings. The lowest BCUT2D eigenvalue weighted by Crippen LogP contribution is -2.23. The van der Waals surface area contributed by atoms with Gasteiger partial charge in [-0.1, -0.05) is 0 Å². The molecule has 0 fully saturated rings. The van der Waals surface area contributed by atoms with Crippen LogP contribution in [-0.2, 0) is 28.7 Å². The molecule has 0 aromatic heterocycles. The summed E-state index contributed by atoms with van der Waals surface area (Å²) >= 11 is 0. The largest absolute Gasteiger partial charge is 0.458 e. The molecule has 0 amide bonds. The van der Waals surface area contributed by atoms with Crippen molar-refractivity contribution in [3.63, 3.8) is 0 Å². The Balaban J connectivity index is 3.68. The first-order chi connectivity index (χ1) is 8.49. The molecule has 4 N–H and O–H groups in total. The monoisotopic (exact) mass is 260 g/mol. The molecule has 0 atom stereocenters. The van der Waals surface area contributed by atoms with Crippen molar-refractivity contribution in [2.75, 3.05) is 26.3 Å². The Bertz CT molecular complexity index is 296. The van der Waals surface area contributed by atoms with Crippen molar-refractivity contribution in [2.24, 2.45) is 11.5 Å². The number of nitrogens with two attached hydrogens (primary N) is 2. The number of hydrogen-bond donors (Lipinski definition) is 2. The maximum atomic E-state index is 11.1. The first-order valence-electron chi connectivity index (χ1n) is 5.24. The minimum atomic E-state index is -0.709. The van der Waals surface area contributed by atoms with Gasteiger partial charge in [0.15, 0.2) is 24.8 Å². The fourth-order valence-electron chi connectivity index (χ4n) is 0.788. The lowest BCUT2D eigenvalue weighted by Gasteiger charge is -2.04. The van der Waals surface area contributed by atoms with E-state index in [0.29, 0.717) is 0 Å². The van der Waals surface area contributed by atoms with E-state index >= 15 is 0 Å². The molecule has 0 radical (unpaired) electrons. The van der Waals surface area contributed by atoms with Crippen LogP contribution < -0.4 is 11.5 Å². The average Bonchev–Trinajstić information content (AvgIpc) is 2.39. The van der Waals surface area contributed by atoms with Crippen LogP contribution in [0.1, 0.15) is 12.8 Å². The standard InChI is InChI=1S/C10H16N2O6/c11-3-7(13)5-17-9(15)1-2-10(16)18-6-8(14)4-12/h1-6,11-12H2. The van der Waals surface area contributed by atoms with Crippen LogP contribution in [0.5, 0.6) is 0 Å². The van der Waals surface area contributed by atoms with Crippen LogP contribution in [0, 0.1) is 0 Å². The molecular formula is C10H16N2O6. The summed E-state index contributed by atoms with van der Waals surface area (Å²) < 4.78 is 9.06. The van der Waals surface area contributed by atoms with Gasteiger partial charge in [0, 0.05) is 0 Å². The zero-order chi connectivity index (χ0) is 14.0. The van der Waals surface area contributed by atoms with E-state index in [2.05, 4.69) is 9.47 Å². The molecular weight excluding hydrogens is 244 g/mol. The summed E-state index contributed by atoms with van der Waals surface area (Å²) in [6.45, 7) is -1.24. The second kappa shape index (κ2) is 9.25. The summed E-state index contributed by atoms with van der Waals surface area (Å²) in [5, 5.41) is 0. The zero-order valence-electron chi connectivity index (χ0n) is 9.85. The molecule has 0 bridgehead atoms. The topological polar surface area (TPSA) is 139 Å². The van der Waals surface area contributed by atoms with Gasteiger partial charge in [-0.2, -0.15) is 0 Å². The van der Waals surface area contributed by atoms with E-state index in [-0.39, 0.29) is 25.9 Å². The second-order valence-electron chi connectivity index (χ2n) is 3.31. The van der Waals surface area contributed by atoms with Gasteiger partial charge in [0.2, 0.25) is 0 Å². The Hall–Kier alpha value is -1.80. The molecule has 102 valence electrons. The molecule has 8 nitrogen and oxygen atoms in total. The Labute approximate surface area is 104 Å². The Morgan fingerprint density at radius 1 is 0.722 bits per heavy atom. The minimum Gasteiger partial charge on any atom is -0.458 e. The number of carbonyl (C=O) groups excluding carboxylic acids is 4. The number of Topliss-reactive ketones (excluding diaryl/α,β-unsaturated/α-hetero) is 2. The van der Waals surface area contributed by atoms with E-state index in [0.717, 1.165) is 0 Å². The van der Waals surface area contributed by atoms with Crippen LogP contribution >= 0.6 is 0 Å². The van der Waals surface area contributed by atoms with Crippen LogP contribution in [0.15, 0.2) is 0 Å². The lowest BCUT2D eigenvalue weighted by molar-refractivity contribution is -0.153. The quantitative estimate of drug-likeness (QED) is 0.450. The first kappa shape index (κ1) is 16.2. The molecule has 0 aliphatic carbocycles. The van der Waals surface area contributed by atoms with Crippen LogP contribution in [0.4, 0.5) is 0 Å². The second-order valence-corrected chi connectivity index (χ2v) is 3.31. The molecule has 0 aromatic carbocycles. The molecule has 0 spiro atoms. The van der Waals surface area contributed by atoms with Crippen molar-refractivity contribution in [1.29, 1.82) is 0 Å². The van der Waals surface area contributed by atoms with Crippen LogP contribution in [0.2, 0.25) is 0 Å². The number of hydrogen-bond acceptors (Lipinski definition) is 8. The van der Waals surface area contributed by atoms with Crippen molar-refractivity contribution in [3.05, 3.63) is 0 Å². The molecule has 0 saturated carbocycles. The third-order valence-corrected chi connectivity index (χ3v) is 1.78. The van der Waals surface area contributed by atoms with Crippen molar-refractivity contribution in [2.45, 2.75) is 12.8 Å². The molecule has 0 heterocycles. The van der Waals surface area contributed by atoms with Crippen molar-refractivity contribution in [1.82, 2.24) is 0 Å². The van der Waals surface area contributed by atoms with E-state index in [1.165, 1.54) is 0 Å². The third kappa shape index (κ3) is 8.36. The van der Waals surface area contributed by atoms with E-state index in [1.54, 1.807) is 0 Å². The summed E-state index contributed by atoms with van der Waals surface area (Å²) in [4.78, 5) is 43.5. The maximum absolute atomic E-state index is 11.1. The predicted octanol–water partition coefficient (Wildman–Crippen LogP) is -2.09. The lowest BCUT2D eigenvalue weighted by atomic mass is 10.3. The van der Waals surface area contributed by atoms with Crippen LogP contribution in [0.3, 0.4) is 0 Å². The number of ketones is 2. The highest BCUT2D eigenvalue weighted by molar-refractivity contribution is 5.86.